The molecule has 2 N–H and O–H groups in total. The molecular formula is C13H14F2N2O3. The summed E-state index contributed by atoms with van der Waals surface area (Å²) >= 11 is 0. The number of nitrogens with two attached hydrogens (primary N) is 1. The fraction of sp³-hybridized carbons (Fsp3) is 0.385. The number of amides is 2. The average Bonchev–Trinajstić information content (AvgIpc) is 2.80. The Morgan fingerprint density at radius 1 is 1.40 bits per heavy atom. The first kappa shape index (κ1) is 14.2. The van der Waals surface area contributed by atoms with Crippen molar-refractivity contribution >= 4 is 11.8 Å². The SMILES string of the molecule is NC(=O)[C@@H]1C[C@@H](F)CN1C(=O)COc1ccccc1F. The van der Waals surface area contributed by atoms with Crippen LogP contribution in [0.25, 0.3) is 0 Å². The number of nitrogens with zero attached hydrogens (tertiary/aromatic N) is 1. The number of para-hydroxylation sites is 1. The Labute approximate surface area is 114 Å². The number of halogens is 2. The summed E-state index contributed by atoms with van der Waals surface area (Å²) < 4.78 is 31.6. The predicted octanol–water partition coefficient (Wildman–Crippen LogP) is 0.629. The average molecular weight is 284 g/mol. The van der Waals surface area contributed by atoms with Crippen molar-refractivity contribution in [3.63, 3.8) is 0 Å². The predicted molar refractivity (Wildman–Crippen MR) is 66.1 cm³/mol. The van der Waals surface area contributed by atoms with Crippen LogP contribution in [-0.2, 0) is 9.59 Å². The highest BCUT2D eigenvalue weighted by Crippen LogP contribution is 2.21. The number of benzene rings is 1. The molecule has 0 aromatic heterocycles. The Hall–Kier alpha value is -2.18. The first-order valence-corrected chi connectivity index (χ1v) is 6.09. The van der Waals surface area contributed by atoms with Gasteiger partial charge in [-0.15, -0.1) is 0 Å². The summed E-state index contributed by atoms with van der Waals surface area (Å²) in [6.07, 6.45) is -1.40. The molecule has 0 aliphatic carbocycles. The Morgan fingerprint density at radius 2 is 2.10 bits per heavy atom. The fourth-order valence-corrected chi connectivity index (χ4v) is 2.11. The van der Waals surface area contributed by atoms with Crippen LogP contribution in [0.3, 0.4) is 0 Å². The summed E-state index contributed by atoms with van der Waals surface area (Å²) in [6.45, 7) is -0.676. The van der Waals surface area contributed by atoms with Crippen LogP contribution < -0.4 is 10.5 Å². The van der Waals surface area contributed by atoms with E-state index in [-0.39, 0.29) is 18.7 Å². The van der Waals surface area contributed by atoms with Crippen molar-refractivity contribution in [1.82, 2.24) is 4.90 Å². The molecule has 0 unspecified atom stereocenters. The van der Waals surface area contributed by atoms with Crippen molar-refractivity contribution in [1.29, 1.82) is 0 Å². The second-order valence-electron chi connectivity index (χ2n) is 4.52. The lowest BCUT2D eigenvalue weighted by atomic mass is 10.2. The minimum absolute atomic E-state index is 0.0764. The maximum Gasteiger partial charge on any atom is 0.261 e. The molecule has 0 bridgehead atoms. The monoisotopic (exact) mass is 284 g/mol. The first-order chi connectivity index (χ1) is 9.49. The van der Waals surface area contributed by atoms with Gasteiger partial charge in [0.1, 0.15) is 12.2 Å². The highest BCUT2D eigenvalue weighted by atomic mass is 19.1. The summed E-state index contributed by atoms with van der Waals surface area (Å²) in [5.74, 6) is -2.04. The quantitative estimate of drug-likeness (QED) is 0.881. The van der Waals surface area contributed by atoms with Gasteiger partial charge in [-0.3, -0.25) is 9.59 Å². The summed E-state index contributed by atoms with van der Waals surface area (Å²) in [7, 11) is 0. The molecule has 2 rings (SSSR count). The number of likely N-dealkylation sites (tertiary alicyclic amines) is 1. The number of hydrogen-bond donors (Lipinski definition) is 1. The number of carbonyl (C=O) groups excluding carboxylic acids is 2. The normalized spacial score (nSPS) is 21.8. The number of alkyl halides is 1. The maximum atomic E-state index is 13.3. The minimum Gasteiger partial charge on any atom is -0.481 e. The third kappa shape index (κ3) is 3.04. The molecule has 7 heteroatoms. The number of ether oxygens (including phenoxy) is 1. The Kier molecular flexibility index (Phi) is 4.16. The second kappa shape index (κ2) is 5.85. The number of hydrogen-bond acceptors (Lipinski definition) is 3. The van der Waals surface area contributed by atoms with Crippen LogP contribution in [0.2, 0.25) is 0 Å². The van der Waals surface area contributed by atoms with Crippen molar-refractivity contribution in [2.45, 2.75) is 18.6 Å². The van der Waals surface area contributed by atoms with Gasteiger partial charge < -0.3 is 15.4 Å². The van der Waals surface area contributed by atoms with E-state index in [0.29, 0.717) is 0 Å². The van der Waals surface area contributed by atoms with Gasteiger partial charge in [-0.1, -0.05) is 12.1 Å². The van der Waals surface area contributed by atoms with Gasteiger partial charge in [-0.05, 0) is 12.1 Å². The van der Waals surface area contributed by atoms with E-state index in [1.165, 1.54) is 18.2 Å². The van der Waals surface area contributed by atoms with E-state index < -0.39 is 36.5 Å². The topological polar surface area (TPSA) is 72.6 Å². The van der Waals surface area contributed by atoms with Crippen LogP contribution in [0.15, 0.2) is 24.3 Å². The maximum absolute atomic E-state index is 13.3. The molecule has 1 fully saturated rings. The molecule has 1 saturated heterocycles. The molecule has 1 aromatic carbocycles. The zero-order chi connectivity index (χ0) is 14.7. The van der Waals surface area contributed by atoms with Crippen LogP contribution in [0.5, 0.6) is 5.75 Å². The van der Waals surface area contributed by atoms with Crippen molar-refractivity contribution in [2.24, 2.45) is 5.73 Å². The fourth-order valence-electron chi connectivity index (χ4n) is 2.11. The molecule has 0 radical (unpaired) electrons. The molecule has 1 aliphatic rings. The molecule has 20 heavy (non-hydrogen) atoms. The standard InChI is InChI=1S/C13H14F2N2O3/c14-8-5-10(13(16)19)17(6-8)12(18)7-20-11-4-2-1-3-9(11)15/h1-4,8,10H,5-7H2,(H2,16,19)/t8-,10+/m1/s1. The van der Waals surface area contributed by atoms with Gasteiger partial charge in [0, 0.05) is 6.42 Å². The lowest BCUT2D eigenvalue weighted by Crippen LogP contribution is -2.45. The van der Waals surface area contributed by atoms with E-state index in [9.17, 15) is 18.4 Å². The van der Waals surface area contributed by atoms with Gasteiger partial charge in [0.05, 0.1) is 6.54 Å². The summed E-state index contributed by atoms with van der Waals surface area (Å²) in [6, 6.07) is 4.64. The molecule has 1 heterocycles. The largest absolute Gasteiger partial charge is 0.481 e. The van der Waals surface area contributed by atoms with Crippen LogP contribution in [0.4, 0.5) is 8.78 Å². The van der Waals surface area contributed by atoms with Crippen molar-refractivity contribution < 1.29 is 23.1 Å². The van der Waals surface area contributed by atoms with E-state index >= 15 is 0 Å². The van der Waals surface area contributed by atoms with Gasteiger partial charge in [0.25, 0.3) is 5.91 Å². The van der Waals surface area contributed by atoms with E-state index in [1.807, 2.05) is 0 Å². The number of primary amides is 1. The zero-order valence-corrected chi connectivity index (χ0v) is 10.6. The van der Waals surface area contributed by atoms with Crippen molar-refractivity contribution in [3.05, 3.63) is 30.1 Å². The van der Waals surface area contributed by atoms with Crippen LogP contribution in [-0.4, -0.2) is 42.1 Å². The van der Waals surface area contributed by atoms with Gasteiger partial charge in [-0.25, -0.2) is 8.78 Å². The van der Waals surface area contributed by atoms with E-state index in [2.05, 4.69) is 0 Å². The molecule has 1 aromatic rings. The molecule has 108 valence electrons. The van der Waals surface area contributed by atoms with Gasteiger partial charge >= 0.3 is 0 Å². The van der Waals surface area contributed by atoms with Gasteiger partial charge in [0.2, 0.25) is 5.91 Å². The van der Waals surface area contributed by atoms with Gasteiger partial charge in [0.15, 0.2) is 18.2 Å². The third-order valence-corrected chi connectivity index (χ3v) is 3.09. The molecule has 0 saturated carbocycles. The first-order valence-electron chi connectivity index (χ1n) is 6.09. The number of rotatable bonds is 4. The Balaban J connectivity index is 1.98. The molecular weight excluding hydrogens is 270 g/mol. The molecule has 2 atom stereocenters. The molecule has 0 spiro atoms. The smallest absolute Gasteiger partial charge is 0.261 e. The van der Waals surface area contributed by atoms with E-state index in [1.54, 1.807) is 6.07 Å². The van der Waals surface area contributed by atoms with E-state index in [0.717, 1.165) is 4.90 Å². The third-order valence-electron chi connectivity index (χ3n) is 3.09. The highest BCUT2D eigenvalue weighted by Gasteiger charge is 2.38. The number of carbonyl (C=O) groups is 2. The lowest BCUT2D eigenvalue weighted by molar-refractivity contribution is -0.139. The van der Waals surface area contributed by atoms with Crippen molar-refractivity contribution in [3.8, 4) is 5.75 Å². The summed E-state index contributed by atoms with van der Waals surface area (Å²) in [5, 5.41) is 0. The van der Waals surface area contributed by atoms with E-state index in [4.69, 9.17) is 10.5 Å². The second-order valence-corrected chi connectivity index (χ2v) is 4.52. The van der Waals surface area contributed by atoms with Crippen LogP contribution in [0, 0.1) is 5.82 Å². The van der Waals surface area contributed by atoms with Crippen molar-refractivity contribution in [2.75, 3.05) is 13.2 Å². The Bertz CT molecular complexity index is 524. The minimum atomic E-state index is -1.29. The molecule has 5 nitrogen and oxygen atoms in total. The summed E-state index contributed by atoms with van der Waals surface area (Å²) in [5.41, 5.74) is 5.12. The van der Waals surface area contributed by atoms with Crippen LogP contribution >= 0.6 is 0 Å². The molecule has 2 amide bonds. The Morgan fingerprint density at radius 3 is 2.75 bits per heavy atom. The zero-order valence-electron chi connectivity index (χ0n) is 10.6. The lowest BCUT2D eigenvalue weighted by Gasteiger charge is -2.21. The van der Waals surface area contributed by atoms with Gasteiger partial charge in [-0.2, -0.15) is 0 Å². The summed E-state index contributed by atoms with van der Waals surface area (Å²) in [4.78, 5) is 24.1. The van der Waals surface area contributed by atoms with Crippen LogP contribution in [0.1, 0.15) is 6.42 Å². The highest BCUT2D eigenvalue weighted by molar-refractivity contribution is 5.88. The molecule has 1 aliphatic heterocycles.